The van der Waals surface area contributed by atoms with Gasteiger partial charge >= 0.3 is 5.97 Å². The van der Waals surface area contributed by atoms with Gasteiger partial charge in [-0.15, -0.1) is 0 Å². The molecule has 2 heteroatoms. The Kier molecular flexibility index (Phi) is 6.81. The zero-order valence-electron chi connectivity index (χ0n) is 15.8. The summed E-state index contributed by atoms with van der Waals surface area (Å²) in [4.78, 5) is 12.6. The molecule has 0 saturated heterocycles. The van der Waals surface area contributed by atoms with Gasteiger partial charge in [0.1, 0.15) is 0 Å². The second-order valence-electron chi connectivity index (χ2n) is 6.67. The topological polar surface area (TPSA) is 26.3 Å². The molecule has 1 unspecified atom stereocenters. The van der Waals surface area contributed by atoms with E-state index in [1.54, 1.807) is 0 Å². The van der Waals surface area contributed by atoms with Gasteiger partial charge in [-0.1, -0.05) is 91.0 Å². The Hall–Kier alpha value is -2.87. The fourth-order valence-electron chi connectivity index (χ4n) is 3.58. The normalized spacial score (nSPS) is 11.9. The maximum atomic E-state index is 12.6. The smallest absolute Gasteiger partial charge is 0.313 e. The second-order valence-corrected chi connectivity index (χ2v) is 6.67. The number of hydrogen-bond acceptors (Lipinski definition) is 2. The number of ether oxygens (including phenoxy) is 1. The van der Waals surface area contributed by atoms with Crippen LogP contribution in [0.1, 0.15) is 48.3 Å². The lowest BCUT2D eigenvalue weighted by atomic mass is 9.83. The summed E-state index contributed by atoms with van der Waals surface area (Å²) in [5.41, 5.74) is 3.58. The van der Waals surface area contributed by atoms with Gasteiger partial charge in [-0.3, -0.25) is 4.79 Å². The average Bonchev–Trinajstić information content (AvgIpc) is 2.73. The Morgan fingerprint density at radius 2 is 1.15 bits per heavy atom. The predicted molar refractivity (Wildman–Crippen MR) is 110 cm³/mol. The highest BCUT2D eigenvalue weighted by molar-refractivity contribution is 5.78. The lowest BCUT2D eigenvalue weighted by Gasteiger charge is -2.22. The molecule has 0 spiro atoms. The third kappa shape index (κ3) is 5.07. The summed E-state index contributed by atoms with van der Waals surface area (Å²) in [5.74, 6) is -0.113. The highest BCUT2D eigenvalue weighted by atomic mass is 16.5. The summed E-state index contributed by atoms with van der Waals surface area (Å²) in [6, 6.07) is 31.0. The largest absolute Gasteiger partial charge is 0.466 e. The minimum absolute atomic E-state index is 0.136. The molecule has 0 aliphatic rings. The number of rotatable bonds is 8. The van der Waals surface area contributed by atoms with Gasteiger partial charge in [0.05, 0.1) is 12.5 Å². The summed E-state index contributed by atoms with van der Waals surface area (Å²) >= 11 is 0. The van der Waals surface area contributed by atoms with Crippen molar-refractivity contribution in [3.05, 3.63) is 108 Å². The van der Waals surface area contributed by atoms with Crippen molar-refractivity contribution >= 4 is 5.97 Å². The van der Waals surface area contributed by atoms with Crippen LogP contribution < -0.4 is 0 Å². The van der Waals surface area contributed by atoms with Crippen LogP contribution in [-0.4, -0.2) is 12.6 Å². The molecule has 2 nitrogen and oxygen atoms in total. The quantitative estimate of drug-likeness (QED) is 0.465. The van der Waals surface area contributed by atoms with Crippen LogP contribution in [0.4, 0.5) is 0 Å². The summed E-state index contributed by atoms with van der Waals surface area (Å²) in [6.07, 6.45) is 1.63. The van der Waals surface area contributed by atoms with Crippen LogP contribution in [0.5, 0.6) is 0 Å². The molecule has 0 N–H and O–H groups in total. The highest BCUT2D eigenvalue weighted by Gasteiger charge is 2.24. The van der Waals surface area contributed by atoms with E-state index >= 15 is 0 Å². The number of benzene rings is 3. The van der Waals surface area contributed by atoms with Gasteiger partial charge in [-0.2, -0.15) is 0 Å². The molecule has 0 bridgehead atoms. The van der Waals surface area contributed by atoms with Gasteiger partial charge in [0.15, 0.2) is 0 Å². The van der Waals surface area contributed by atoms with E-state index in [1.165, 1.54) is 11.1 Å². The SMILES string of the molecule is CCOC(=O)C(CCC(c1ccccc1)c1ccccc1)c1ccccc1. The van der Waals surface area contributed by atoms with E-state index in [1.807, 2.05) is 49.4 Å². The van der Waals surface area contributed by atoms with Gasteiger partial charge in [0.2, 0.25) is 0 Å². The van der Waals surface area contributed by atoms with Crippen LogP contribution >= 0.6 is 0 Å². The molecule has 27 heavy (non-hydrogen) atoms. The van der Waals surface area contributed by atoms with E-state index < -0.39 is 0 Å². The Morgan fingerprint density at radius 3 is 1.59 bits per heavy atom. The highest BCUT2D eigenvalue weighted by Crippen LogP contribution is 2.33. The fraction of sp³-hybridized carbons (Fsp3) is 0.240. The van der Waals surface area contributed by atoms with Crippen molar-refractivity contribution in [2.24, 2.45) is 0 Å². The minimum atomic E-state index is -0.235. The van der Waals surface area contributed by atoms with Crippen LogP contribution in [0.2, 0.25) is 0 Å². The van der Waals surface area contributed by atoms with Gasteiger partial charge in [0, 0.05) is 5.92 Å². The minimum Gasteiger partial charge on any atom is -0.466 e. The van der Waals surface area contributed by atoms with E-state index in [4.69, 9.17) is 4.74 Å². The Balaban J connectivity index is 1.85. The molecule has 0 aromatic heterocycles. The molecular formula is C25H26O2. The molecule has 0 aliphatic heterocycles. The van der Waals surface area contributed by atoms with Gasteiger partial charge in [0.25, 0.3) is 0 Å². The molecule has 0 radical (unpaired) electrons. The van der Waals surface area contributed by atoms with Crippen LogP contribution in [0, 0.1) is 0 Å². The first kappa shape index (κ1) is 18.9. The number of esters is 1. The maximum absolute atomic E-state index is 12.6. The van der Waals surface area contributed by atoms with E-state index in [-0.39, 0.29) is 17.8 Å². The van der Waals surface area contributed by atoms with E-state index in [0.717, 1.165) is 18.4 Å². The molecule has 3 aromatic carbocycles. The molecule has 138 valence electrons. The van der Waals surface area contributed by atoms with Crippen molar-refractivity contribution < 1.29 is 9.53 Å². The van der Waals surface area contributed by atoms with Crippen LogP contribution in [0.25, 0.3) is 0 Å². The first-order valence-electron chi connectivity index (χ1n) is 9.61. The summed E-state index contributed by atoms with van der Waals surface area (Å²) in [5, 5.41) is 0. The summed E-state index contributed by atoms with van der Waals surface area (Å²) in [6.45, 7) is 2.26. The molecule has 0 heterocycles. The van der Waals surface area contributed by atoms with E-state index in [9.17, 15) is 4.79 Å². The van der Waals surface area contributed by atoms with Crippen molar-refractivity contribution in [1.82, 2.24) is 0 Å². The molecule has 0 aliphatic carbocycles. The van der Waals surface area contributed by atoms with Crippen molar-refractivity contribution in [2.75, 3.05) is 6.61 Å². The standard InChI is InChI=1S/C25H26O2/c1-2-27-25(26)24(22-16-10-5-11-17-22)19-18-23(20-12-6-3-7-13-20)21-14-8-4-9-15-21/h3-17,23-24H,2,18-19H2,1H3. The van der Waals surface area contributed by atoms with Crippen LogP contribution in [0.15, 0.2) is 91.0 Å². The van der Waals surface area contributed by atoms with Crippen LogP contribution in [0.3, 0.4) is 0 Å². The van der Waals surface area contributed by atoms with E-state index in [0.29, 0.717) is 6.61 Å². The Bertz CT molecular complexity index is 773. The second kappa shape index (κ2) is 9.72. The molecule has 0 saturated carbocycles. The molecule has 1 atom stereocenters. The number of hydrogen-bond donors (Lipinski definition) is 0. The Morgan fingerprint density at radius 1 is 0.704 bits per heavy atom. The van der Waals surface area contributed by atoms with Gasteiger partial charge in [-0.25, -0.2) is 0 Å². The van der Waals surface area contributed by atoms with Crippen molar-refractivity contribution in [1.29, 1.82) is 0 Å². The zero-order valence-corrected chi connectivity index (χ0v) is 15.8. The third-order valence-corrected chi connectivity index (χ3v) is 4.92. The zero-order chi connectivity index (χ0) is 18.9. The van der Waals surface area contributed by atoms with Gasteiger partial charge < -0.3 is 4.74 Å². The maximum Gasteiger partial charge on any atom is 0.313 e. The molecule has 3 rings (SSSR count). The predicted octanol–water partition coefficient (Wildman–Crippen LogP) is 5.95. The third-order valence-electron chi connectivity index (χ3n) is 4.92. The van der Waals surface area contributed by atoms with Crippen molar-refractivity contribution in [3.63, 3.8) is 0 Å². The van der Waals surface area contributed by atoms with Crippen molar-refractivity contribution in [3.8, 4) is 0 Å². The first-order valence-corrected chi connectivity index (χ1v) is 9.61. The molecule has 3 aromatic rings. The fourth-order valence-corrected chi connectivity index (χ4v) is 3.58. The summed E-state index contributed by atoms with van der Waals surface area (Å²) < 4.78 is 5.36. The lowest BCUT2D eigenvalue weighted by molar-refractivity contribution is -0.145. The Labute approximate surface area is 161 Å². The molecular weight excluding hydrogens is 332 g/mol. The van der Waals surface area contributed by atoms with E-state index in [2.05, 4.69) is 48.5 Å². The van der Waals surface area contributed by atoms with Crippen molar-refractivity contribution in [2.45, 2.75) is 31.6 Å². The molecule has 0 amide bonds. The average molecular weight is 358 g/mol. The van der Waals surface area contributed by atoms with Crippen LogP contribution in [-0.2, 0) is 9.53 Å². The van der Waals surface area contributed by atoms with Gasteiger partial charge in [-0.05, 0) is 36.5 Å². The summed E-state index contributed by atoms with van der Waals surface area (Å²) in [7, 11) is 0. The first-order chi connectivity index (χ1) is 13.3. The molecule has 0 fully saturated rings. The lowest BCUT2D eigenvalue weighted by Crippen LogP contribution is -2.17. The monoisotopic (exact) mass is 358 g/mol. The number of carbonyl (C=O) groups excluding carboxylic acids is 1. The number of carbonyl (C=O) groups is 1.